The molecule has 2 aliphatic rings. The zero-order valence-corrected chi connectivity index (χ0v) is 15.4. The zero-order valence-electron chi connectivity index (χ0n) is 15.4. The topological polar surface area (TPSA) is 78.7 Å². The second kappa shape index (κ2) is 7.45. The Morgan fingerprint density at radius 3 is 2.52 bits per heavy atom. The summed E-state index contributed by atoms with van der Waals surface area (Å²) in [5.41, 5.74) is 1.95. The van der Waals surface area contributed by atoms with Gasteiger partial charge in [-0.25, -0.2) is 4.79 Å². The maximum atomic E-state index is 12.5. The summed E-state index contributed by atoms with van der Waals surface area (Å²) in [7, 11) is 0. The maximum absolute atomic E-state index is 12.5. The van der Waals surface area contributed by atoms with E-state index in [0.29, 0.717) is 26.2 Å². The van der Waals surface area contributed by atoms with Crippen LogP contribution in [0.25, 0.3) is 0 Å². The smallest absolute Gasteiger partial charge is 0.317 e. The van der Waals surface area contributed by atoms with E-state index in [1.807, 2.05) is 23.6 Å². The number of nitrogens with one attached hydrogen (secondary N) is 1. The Balaban J connectivity index is 1.49. The Bertz CT molecular complexity index is 619. The summed E-state index contributed by atoms with van der Waals surface area (Å²) in [6.45, 7) is 9.12. The van der Waals surface area contributed by atoms with Crippen LogP contribution in [0.5, 0.6) is 0 Å². The minimum absolute atomic E-state index is 0.0562. The molecule has 0 bridgehead atoms. The largest absolute Gasteiger partial charge is 0.361 e. The van der Waals surface area contributed by atoms with Gasteiger partial charge in [0.2, 0.25) is 5.91 Å². The van der Waals surface area contributed by atoms with Crippen molar-refractivity contribution < 1.29 is 14.1 Å². The molecule has 0 spiro atoms. The van der Waals surface area contributed by atoms with Crippen LogP contribution in [0.15, 0.2) is 4.52 Å². The van der Waals surface area contributed by atoms with Gasteiger partial charge in [-0.2, -0.15) is 0 Å². The first-order valence-electron chi connectivity index (χ1n) is 9.21. The number of hydrogen-bond donors (Lipinski definition) is 1. The number of carbonyl (C=O) groups excluding carboxylic acids is 2. The van der Waals surface area contributed by atoms with Crippen molar-refractivity contribution in [1.29, 1.82) is 0 Å². The summed E-state index contributed by atoms with van der Waals surface area (Å²) < 4.78 is 5.20. The standard InChI is InChI=1S/C18H28N4O3/c1-12(16-13(2)20-25-14(16)3)11-19-18(24)22-8-4-7-21(9-10-22)17(23)15-5-6-15/h12,15H,4-11H2,1-3H3,(H,19,24)/t12-/m0/s1. The maximum Gasteiger partial charge on any atom is 0.317 e. The van der Waals surface area contributed by atoms with E-state index in [4.69, 9.17) is 4.52 Å². The molecule has 7 heteroatoms. The summed E-state index contributed by atoms with van der Waals surface area (Å²) in [6, 6.07) is -0.0562. The number of carbonyl (C=O) groups is 2. The van der Waals surface area contributed by atoms with Gasteiger partial charge in [0.05, 0.1) is 5.69 Å². The molecule has 0 aromatic carbocycles. The highest BCUT2D eigenvalue weighted by Gasteiger charge is 2.34. The highest BCUT2D eigenvalue weighted by molar-refractivity contribution is 5.81. The van der Waals surface area contributed by atoms with E-state index in [-0.39, 0.29) is 23.8 Å². The van der Waals surface area contributed by atoms with Crippen LogP contribution in [0.4, 0.5) is 4.79 Å². The van der Waals surface area contributed by atoms with Crippen molar-refractivity contribution >= 4 is 11.9 Å². The highest BCUT2D eigenvalue weighted by atomic mass is 16.5. The summed E-state index contributed by atoms with van der Waals surface area (Å²) in [4.78, 5) is 28.4. The third kappa shape index (κ3) is 4.14. The number of urea groups is 1. The third-order valence-electron chi connectivity index (χ3n) is 5.16. The lowest BCUT2D eigenvalue weighted by atomic mass is 10.00. The van der Waals surface area contributed by atoms with E-state index in [2.05, 4.69) is 17.4 Å². The van der Waals surface area contributed by atoms with Crippen molar-refractivity contribution in [3.05, 3.63) is 17.0 Å². The van der Waals surface area contributed by atoms with Crippen molar-refractivity contribution in [2.75, 3.05) is 32.7 Å². The van der Waals surface area contributed by atoms with Crippen LogP contribution in [0, 0.1) is 19.8 Å². The van der Waals surface area contributed by atoms with Gasteiger partial charge < -0.3 is 19.6 Å². The van der Waals surface area contributed by atoms with Crippen molar-refractivity contribution in [3.8, 4) is 0 Å². The molecule has 1 aliphatic carbocycles. The van der Waals surface area contributed by atoms with Gasteiger partial charge in [-0.1, -0.05) is 12.1 Å². The molecule has 3 amide bonds. The molecule has 25 heavy (non-hydrogen) atoms. The predicted octanol–water partition coefficient (Wildman–Crippen LogP) is 2.05. The Labute approximate surface area is 148 Å². The fourth-order valence-electron chi connectivity index (χ4n) is 3.58. The van der Waals surface area contributed by atoms with Crippen LogP contribution in [-0.4, -0.2) is 59.6 Å². The fourth-order valence-corrected chi connectivity index (χ4v) is 3.58. The van der Waals surface area contributed by atoms with Gasteiger partial charge in [-0.3, -0.25) is 4.79 Å². The molecule has 1 saturated carbocycles. The van der Waals surface area contributed by atoms with E-state index >= 15 is 0 Å². The Morgan fingerprint density at radius 1 is 1.20 bits per heavy atom. The van der Waals surface area contributed by atoms with Crippen molar-refractivity contribution in [1.82, 2.24) is 20.3 Å². The molecule has 1 aliphatic heterocycles. The molecule has 2 fully saturated rings. The van der Waals surface area contributed by atoms with E-state index < -0.39 is 0 Å². The quantitative estimate of drug-likeness (QED) is 0.903. The second-order valence-corrected chi connectivity index (χ2v) is 7.27. The first kappa shape index (κ1) is 17.8. The monoisotopic (exact) mass is 348 g/mol. The molecule has 1 aromatic heterocycles. The minimum atomic E-state index is -0.0562. The molecule has 0 radical (unpaired) electrons. The van der Waals surface area contributed by atoms with Gasteiger partial charge in [0.1, 0.15) is 5.76 Å². The van der Waals surface area contributed by atoms with Crippen molar-refractivity contribution in [3.63, 3.8) is 0 Å². The molecule has 1 saturated heterocycles. The Morgan fingerprint density at radius 2 is 1.88 bits per heavy atom. The Kier molecular flexibility index (Phi) is 5.30. The summed E-state index contributed by atoms with van der Waals surface area (Å²) in [5.74, 6) is 1.48. The molecule has 3 rings (SSSR count). The lowest BCUT2D eigenvalue weighted by molar-refractivity contribution is -0.132. The van der Waals surface area contributed by atoms with Crippen LogP contribution in [0.2, 0.25) is 0 Å². The normalized spacial score (nSPS) is 19.5. The molecule has 1 N–H and O–H groups in total. The van der Waals surface area contributed by atoms with Gasteiger partial charge in [-0.05, 0) is 33.1 Å². The number of hydrogen-bond acceptors (Lipinski definition) is 4. The molecule has 0 unspecified atom stereocenters. The van der Waals surface area contributed by atoms with Crippen LogP contribution in [-0.2, 0) is 4.79 Å². The first-order chi connectivity index (χ1) is 12.0. The molecule has 1 atom stereocenters. The van der Waals surface area contributed by atoms with Gasteiger partial charge >= 0.3 is 6.03 Å². The van der Waals surface area contributed by atoms with Crippen LogP contribution >= 0.6 is 0 Å². The predicted molar refractivity (Wildman–Crippen MR) is 93.3 cm³/mol. The summed E-state index contributed by atoms with van der Waals surface area (Å²) in [6.07, 6.45) is 2.89. The lowest BCUT2D eigenvalue weighted by Gasteiger charge is -2.23. The van der Waals surface area contributed by atoms with E-state index in [9.17, 15) is 9.59 Å². The van der Waals surface area contributed by atoms with Crippen LogP contribution < -0.4 is 5.32 Å². The van der Waals surface area contributed by atoms with E-state index in [1.165, 1.54) is 0 Å². The van der Waals surface area contributed by atoms with Gasteiger partial charge in [0, 0.05) is 50.1 Å². The van der Waals surface area contributed by atoms with E-state index in [1.54, 1.807) is 0 Å². The van der Waals surface area contributed by atoms with Crippen LogP contribution in [0.1, 0.15) is 49.1 Å². The highest BCUT2D eigenvalue weighted by Crippen LogP contribution is 2.31. The van der Waals surface area contributed by atoms with Crippen molar-refractivity contribution in [2.45, 2.75) is 46.0 Å². The van der Waals surface area contributed by atoms with Gasteiger partial charge in [0.15, 0.2) is 0 Å². The van der Waals surface area contributed by atoms with Crippen molar-refractivity contribution in [2.24, 2.45) is 5.92 Å². The minimum Gasteiger partial charge on any atom is -0.361 e. The zero-order chi connectivity index (χ0) is 18.0. The number of aromatic nitrogens is 1. The summed E-state index contributed by atoms with van der Waals surface area (Å²) >= 11 is 0. The van der Waals surface area contributed by atoms with Gasteiger partial charge in [0.25, 0.3) is 0 Å². The molecular weight excluding hydrogens is 320 g/mol. The average Bonchev–Trinajstić information content (AvgIpc) is 3.40. The number of amides is 3. The third-order valence-corrected chi connectivity index (χ3v) is 5.16. The second-order valence-electron chi connectivity index (χ2n) is 7.27. The number of nitrogens with zero attached hydrogens (tertiary/aromatic N) is 3. The SMILES string of the molecule is Cc1noc(C)c1[C@@H](C)CNC(=O)N1CCCN(C(=O)C2CC2)CC1. The molecule has 1 aromatic rings. The Hall–Kier alpha value is -2.05. The fraction of sp³-hybridized carbons (Fsp3) is 0.722. The number of aryl methyl sites for hydroxylation is 2. The molecular formula is C18H28N4O3. The molecule has 2 heterocycles. The van der Waals surface area contributed by atoms with E-state index in [0.717, 1.165) is 42.8 Å². The average molecular weight is 348 g/mol. The van der Waals surface area contributed by atoms with Crippen LogP contribution in [0.3, 0.4) is 0 Å². The lowest BCUT2D eigenvalue weighted by Crippen LogP contribution is -2.43. The first-order valence-corrected chi connectivity index (χ1v) is 9.21. The molecule has 138 valence electrons. The number of rotatable bonds is 4. The van der Waals surface area contributed by atoms with Gasteiger partial charge in [-0.15, -0.1) is 0 Å². The summed E-state index contributed by atoms with van der Waals surface area (Å²) in [5, 5.41) is 6.99. The molecule has 7 nitrogen and oxygen atoms in total.